The molecule has 4 aromatic carbocycles. The molecule has 1 aliphatic rings. The highest BCUT2D eigenvalue weighted by atomic mass is 79.9. The van der Waals surface area contributed by atoms with Crippen LogP contribution < -0.4 is 0 Å². The van der Waals surface area contributed by atoms with Gasteiger partial charge < -0.3 is 0 Å². The first-order valence-electron chi connectivity index (χ1n) is 10.5. The second-order valence-corrected chi connectivity index (χ2v) is 9.76. The van der Waals surface area contributed by atoms with Crippen LogP contribution in [0.1, 0.15) is 5.56 Å². The second-order valence-electron chi connectivity index (χ2n) is 7.76. The highest BCUT2D eigenvalue weighted by molar-refractivity contribution is 9.10. The van der Waals surface area contributed by atoms with Crippen molar-refractivity contribution in [2.45, 2.75) is 0 Å². The van der Waals surface area contributed by atoms with E-state index in [4.69, 9.17) is 0 Å². The lowest BCUT2D eigenvalue weighted by Crippen LogP contribution is -2.12. The molecule has 0 bridgehead atoms. The van der Waals surface area contributed by atoms with Crippen LogP contribution in [-0.4, -0.2) is 29.0 Å². The van der Waals surface area contributed by atoms with Gasteiger partial charge in [-0.15, -0.1) is 0 Å². The van der Waals surface area contributed by atoms with Gasteiger partial charge in [-0.05, 0) is 57.6 Å². The van der Waals surface area contributed by atoms with E-state index in [2.05, 4.69) is 125 Å². The van der Waals surface area contributed by atoms with Crippen LogP contribution in [0, 0.1) is 0 Å². The lowest BCUT2D eigenvalue weighted by molar-refractivity contribution is -0.485. The molecule has 0 unspecified atom stereocenters. The van der Waals surface area contributed by atoms with E-state index in [1.807, 2.05) is 11.8 Å². The molecule has 0 aliphatic carbocycles. The van der Waals surface area contributed by atoms with Crippen molar-refractivity contribution in [1.82, 2.24) is 0 Å². The van der Waals surface area contributed by atoms with Crippen LogP contribution in [0.5, 0.6) is 0 Å². The summed E-state index contributed by atoms with van der Waals surface area (Å²) in [5.74, 6) is 1.13. The van der Waals surface area contributed by atoms with Crippen molar-refractivity contribution in [2.75, 3.05) is 19.3 Å². The first kappa shape index (κ1) is 20.3. The van der Waals surface area contributed by atoms with E-state index < -0.39 is 0 Å². The molecule has 0 N–H and O–H groups in total. The molecule has 0 saturated carbocycles. The van der Waals surface area contributed by atoms with Crippen LogP contribution in [-0.2, 0) is 0 Å². The molecule has 0 fully saturated rings. The Morgan fingerprint density at radius 1 is 0.677 bits per heavy atom. The summed E-state index contributed by atoms with van der Waals surface area (Å²) in [5.41, 5.74) is 8.88. The summed E-state index contributed by atoms with van der Waals surface area (Å²) >= 11 is 5.53. The Morgan fingerprint density at radius 2 is 1.23 bits per heavy atom. The number of nitrogens with zero attached hydrogens (tertiary/aromatic N) is 1. The van der Waals surface area contributed by atoms with E-state index in [0.717, 1.165) is 16.8 Å². The highest BCUT2D eigenvalue weighted by Gasteiger charge is 2.28. The van der Waals surface area contributed by atoms with Gasteiger partial charge in [-0.25, -0.2) is 4.58 Å². The number of benzene rings is 4. The van der Waals surface area contributed by atoms with E-state index in [0.29, 0.717) is 0 Å². The summed E-state index contributed by atoms with van der Waals surface area (Å²) in [6.07, 6.45) is 0. The van der Waals surface area contributed by atoms with Gasteiger partial charge in [0.2, 0.25) is 5.04 Å². The molecule has 0 saturated heterocycles. The van der Waals surface area contributed by atoms with Crippen molar-refractivity contribution in [1.29, 1.82) is 0 Å². The molecule has 5 rings (SSSR count). The van der Waals surface area contributed by atoms with Gasteiger partial charge in [0.1, 0.15) is 7.05 Å². The zero-order chi connectivity index (χ0) is 21.2. The van der Waals surface area contributed by atoms with E-state index in [9.17, 15) is 0 Å². The van der Waals surface area contributed by atoms with E-state index in [-0.39, 0.29) is 0 Å². The summed E-state index contributed by atoms with van der Waals surface area (Å²) in [4.78, 5) is 0. The van der Waals surface area contributed by atoms with Crippen molar-refractivity contribution >= 4 is 32.7 Å². The van der Waals surface area contributed by atoms with Crippen molar-refractivity contribution in [3.63, 3.8) is 0 Å². The molecule has 4 aromatic rings. The molecule has 0 radical (unpaired) electrons. The number of hydrogen-bond acceptors (Lipinski definition) is 1. The largest absolute Gasteiger partial charge is 0.243 e. The first-order chi connectivity index (χ1) is 15.2. The van der Waals surface area contributed by atoms with Crippen molar-refractivity contribution < 1.29 is 4.58 Å². The smallest absolute Gasteiger partial charge is 0.226 e. The van der Waals surface area contributed by atoms with Crippen LogP contribution in [0.15, 0.2) is 102 Å². The second kappa shape index (κ2) is 8.86. The van der Waals surface area contributed by atoms with Crippen LogP contribution in [0.25, 0.3) is 33.4 Å². The Morgan fingerprint density at radius 3 is 1.71 bits per heavy atom. The summed E-state index contributed by atoms with van der Waals surface area (Å²) in [6, 6.07) is 34.9. The maximum absolute atomic E-state index is 3.57. The fourth-order valence-corrected chi connectivity index (χ4v) is 5.63. The third-order valence-corrected chi connectivity index (χ3v) is 7.42. The Bertz CT molecular complexity index is 1180. The van der Waals surface area contributed by atoms with E-state index in [1.54, 1.807) is 0 Å². The Labute approximate surface area is 196 Å². The maximum atomic E-state index is 3.57. The van der Waals surface area contributed by atoms with Gasteiger partial charge in [0.25, 0.3) is 0 Å². The van der Waals surface area contributed by atoms with E-state index in [1.165, 1.54) is 44.0 Å². The van der Waals surface area contributed by atoms with E-state index >= 15 is 0 Å². The molecule has 0 aromatic heterocycles. The standard InChI is InChI=1S/C28H23BrNS/c1-30-16-17-31-28(30)27-25(21-8-4-2-5-9-21)18-23(20-12-14-24(29)15-13-20)19-26(27)22-10-6-3-7-11-22/h2-15,18-19H,16-17H2,1H3/q+1. The minimum atomic E-state index is 1.08. The van der Waals surface area contributed by atoms with Gasteiger partial charge in [-0.1, -0.05) is 100 Å². The van der Waals surface area contributed by atoms with Crippen LogP contribution in [0.2, 0.25) is 0 Å². The maximum Gasteiger partial charge on any atom is 0.243 e. The summed E-state index contributed by atoms with van der Waals surface area (Å²) in [5, 5.41) is 1.36. The van der Waals surface area contributed by atoms with Gasteiger partial charge in [-0.3, -0.25) is 0 Å². The molecule has 1 aliphatic heterocycles. The number of thioether (sulfide) groups is 1. The van der Waals surface area contributed by atoms with Crippen LogP contribution >= 0.6 is 27.7 Å². The topological polar surface area (TPSA) is 3.01 Å². The zero-order valence-electron chi connectivity index (χ0n) is 17.4. The highest BCUT2D eigenvalue weighted by Crippen LogP contribution is 2.40. The fraction of sp³-hybridized carbons (Fsp3) is 0.107. The van der Waals surface area contributed by atoms with Gasteiger partial charge in [0.05, 0.1) is 11.3 Å². The number of halogens is 1. The van der Waals surface area contributed by atoms with Gasteiger partial charge in [0, 0.05) is 4.47 Å². The summed E-state index contributed by atoms with van der Waals surface area (Å²) in [7, 11) is 2.21. The predicted molar refractivity (Wildman–Crippen MR) is 138 cm³/mol. The third-order valence-electron chi connectivity index (χ3n) is 5.71. The number of hydrogen-bond donors (Lipinski definition) is 0. The molecule has 0 atom stereocenters. The Hall–Kier alpha value is -2.62. The molecule has 152 valence electrons. The van der Waals surface area contributed by atoms with Crippen molar-refractivity contribution in [3.05, 3.63) is 107 Å². The minimum Gasteiger partial charge on any atom is -0.226 e. The molecular formula is C28H23BrNS+. The quantitative estimate of drug-likeness (QED) is 0.269. The van der Waals surface area contributed by atoms with Gasteiger partial charge in [-0.2, -0.15) is 0 Å². The molecule has 1 nitrogen and oxygen atoms in total. The first-order valence-corrected chi connectivity index (χ1v) is 12.2. The van der Waals surface area contributed by atoms with Gasteiger partial charge in [0.15, 0.2) is 6.54 Å². The fourth-order valence-electron chi connectivity index (χ4n) is 4.13. The molecule has 0 spiro atoms. The monoisotopic (exact) mass is 484 g/mol. The summed E-state index contributed by atoms with van der Waals surface area (Å²) < 4.78 is 3.50. The Kier molecular flexibility index (Phi) is 5.80. The molecule has 1 heterocycles. The SMILES string of the molecule is C[N+]1=C(c2c(-c3ccccc3)cc(-c3ccc(Br)cc3)cc2-c2ccccc2)SCC1. The van der Waals surface area contributed by atoms with Crippen LogP contribution in [0.4, 0.5) is 0 Å². The normalized spacial score (nSPS) is 13.6. The van der Waals surface area contributed by atoms with Crippen molar-refractivity contribution in [3.8, 4) is 33.4 Å². The van der Waals surface area contributed by atoms with Crippen LogP contribution in [0.3, 0.4) is 0 Å². The van der Waals surface area contributed by atoms with Crippen molar-refractivity contribution in [2.24, 2.45) is 0 Å². The Balaban J connectivity index is 1.85. The average molecular weight is 485 g/mol. The van der Waals surface area contributed by atoms with Gasteiger partial charge >= 0.3 is 0 Å². The molecule has 0 amide bonds. The number of rotatable bonds is 4. The molecule has 3 heteroatoms. The zero-order valence-corrected chi connectivity index (χ0v) is 19.8. The lowest BCUT2D eigenvalue weighted by Gasteiger charge is -2.17. The minimum absolute atomic E-state index is 1.08. The average Bonchev–Trinajstić information content (AvgIpc) is 3.25. The third kappa shape index (κ3) is 4.13. The predicted octanol–water partition coefficient (Wildman–Crippen LogP) is 7.59. The summed E-state index contributed by atoms with van der Waals surface area (Å²) in [6.45, 7) is 1.08. The molecule has 31 heavy (non-hydrogen) atoms. The molecular weight excluding hydrogens is 462 g/mol. The lowest BCUT2D eigenvalue weighted by atomic mass is 9.88.